The Morgan fingerprint density at radius 2 is 2.07 bits per heavy atom. The Hall–Kier alpha value is -2.22. The first-order chi connectivity index (χ1) is 13.8. The number of hydrogen-bond donors (Lipinski definition) is 0. The lowest BCUT2D eigenvalue weighted by atomic mass is 10.0. The predicted octanol–water partition coefficient (Wildman–Crippen LogP) is 2.77. The van der Waals surface area contributed by atoms with Crippen molar-refractivity contribution >= 4 is 5.91 Å². The molecule has 8 nitrogen and oxygen atoms in total. The van der Waals surface area contributed by atoms with Crippen LogP contribution in [0.2, 0.25) is 0 Å². The van der Waals surface area contributed by atoms with Gasteiger partial charge in [-0.3, -0.25) is 4.79 Å². The second-order valence-corrected chi connectivity index (χ2v) is 7.86. The average Bonchev–Trinajstić information content (AvgIpc) is 3.48. The summed E-state index contributed by atoms with van der Waals surface area (Å²) in [5.41, 5.74) is 0. The molecule has 28 heavy (non-hydrogen) atoms. The van der Waals surface area contributed by atoms with Crippen LogP contribution in [0.5, 0.6) is 0 Å². The third kappa shape index (κ3) is 4.79. The molecule has 2 aromatic rings. The van der Waals surface area contributed by atoms with Gasteiger partial charge < -0.3 is 18.7 Å². The number of aromatic nitrogens is 4. The number of ether oxygens (including phenoxy) is 1. The first-order valence-electron chi connectivity index (χ1n) is 10.4. The van der Waals surface area contributed by atoms with Crippen molar-refractivity contribution in [1.29, 1.82) is 0 Å². The van der Waals surface area contributed by atoms with Gasteiger partial charge in [-0.25, -0.2) is 4.98 Å². The SMILES string of the molecule is O=C(Cn1ccnc1)N1CCCCC1c1nc(CCOCC2CCCC2)no1. The summed E-state index contributed by atoms with van der Waals surface area (Å²) in [5, 5.41) is 4.11. The Morgan fingerprint density at radius 1 is 1.21 bits per heavy atom. The zero-order valence-electron chi connectivity index (χ0n) is 16.3. The van der Waals surface area contributed by atoms with E-state index in [1.807, 2.05) is 4.90 Å². The van der Waals surface area contributed by atoms with Crippen LogP contribution in [0.15, 0.2) is 23.2 Å². The van der Waals surface area contributed by atoms with Crippen LogP contribution < -0.4 is 0 Å². The smallest absolute Gasteiger partial charge is 0.249 e. The monoisotopic (exact) mass is 387 g/mol. The maximum atomic E-state index is 12.8. The summed E-state index contributed by atoms with van der Waals surface area (Å²) in [6.07, 6.45) is 13.9. The molecule has 0 bridgehead atoms. The van der Waals surface area contributed by atoms with Gasteiger partial charge in [-0.2, -0.15) is 4.98 Å². The Kier molecular flexibility index (Phi) is 6.36. The highest BCUT2D eigenvalue weighted by molar-refractivity contribution is 5.76. The van der Waals surface area contributed by atoms with Crippen molar-refractivity contribution < 1.29 is 14.1 Å². The van der Waals surface area contributed by atoms with E-state index in [1.165, 1.54) is 25.7 Å². The minimum Gasteiger partial charge on any atom is -0.381 e. The number of nitrogens with zero attached hydrogens (tertiary/aromatic N) is 5. The Labute approximate surface area is 165 Å². The highest BCUT2D eigenvalue weighted by Crippen LogP contribution is 2.30. The summed E-state index contributed by atoms with van der Waals surface area (Å²) in [6.45, 7) is 2.46. The quantitative estimate of drug-likeness (QED) is 0.648. The maximum Gasteiger partial charge on any atom is 0.249 e. The number of piperidine rings is 1. The largest absolute Gasteiger partial charge is 0.381 e. The van der Waals surface area contributed by atoms with Crippen molar-refractivity contribution in [3.05, 3.63) is 30.4 Å². The third-order valence-corrected chi connectivity index (χ3v) is 5.77. The summed E-state index contributed by atoms with van der Waals surface area (Å²) in [6, 6.07) is -0.134. The van der Waals surface area contributed by atoms with Crippen molar-refractivity contribution in [1.82, 2.24) is 24.6 Å². The van der Waals surface area contributed by atoms with Crippen LogP contribution in [0, 0.1) is 5.92 Å². The van der Waals surface area contributed by atoms with E-state index in [4.69, 9.17) is 9.26 Å². The van der Waals surface area contributed by atoms with E-state index in [0.717, 1.165) is 38.3 Å². The number of hydrogen-bond acceptors (Lipinski definition) is 6. The third-order valence-electron chi connectivity index (χ3n) is 5.77. The predicted molar refractivity (Wildman–Crippen MR) is 101 cm³/mol. The molecule has 2 aromatic heterocycles. The second kappa shape index (κ2) is 9.32. The van der Waals surface area contributed by atoms with Crippen LogP contribution >= 0.6 is 0 Å². The molecule has 1 saturated carbocycles. The zero-order chi connectivity index (χ0) is 19.2. The molecule has 1 aliphatic carbocycles. The van der Waals surface area contributed by atoms with E-state index < -0.39 is 0 Å². The summed E-state index contributed by atoms with van der Waals surface area (Å²) >= 11 is 0. The molecule has 1 saturated heterocycles. The number of imidazole rings is 1. The molecule has 1 atom stereocenters. The number of carbonyl (C=O) groups excluding carboxylic acids is 1. The minimum absolute atomic E-state index is 0.0577. The van der Waals surface area contributed by atoms with Crippen molar-refractivity contribution in [2.45, 2.75) is 64.0 Å². The molecule has 1 aliphatic heterocycles. The molecular weight excluding hydrogens is 358 g/mol. The van der Waals surface area contributed by atoms with Crippen LogP contribution in [0.1, 0.15) is 62.7 Å². The highest BCUT2D eigenvalue weighted by Gasteiger charge is 2.32. The average molecular weight is 387 g/mol. The lowest BCUT2D eigenvalue weighted by Crippen LogP contribution is -2.40. The molecule has 0 radical (unpaired) electrons. The summed E-state index contributed by atoms with van der Waals surface area (Å²) < 4.78 is 13.1. The molecule has 1 amide bonds. The van der Waals surface area contributed by atoms with Gasteiger partial charge in [0.2, 0.25) is 11.8 Å². The van der Waals surface area contributed by atoms with Crippen molar-refractivity contribution in [3.8, 4) is 0 Å². The van der Waals surface area contributed by atoms with E-state index in [1.54, 1.807) is 23.3 Å². The molecule has 2 fully saturated rings. The summed E-state index contributed by atoms with van der Waals surface area (Å²) in [5.74, 6) is 1.99. The number of likely N-dealkylation sites (tertiary alicyclic amines) is 1. The molecule has 8 heteroatoms. The van der Waals surface area contributed by atoms with E-state index in [9.17, 15) is 4.79 Å². The fourth-order valence-corrected chi connectivity index (χ4v) is 4.21. The van der Waals surface area contributed by atoms with Gasteiger partial charge in [0.25, 0.3) is 0 Å². The van der Waals surface area contributed by atoms with Gasteiger partial charge in [0.1, 0.15) is 12.6 Å². The van der Waals surface area contributed by atoms with Gasteiger partial charge >= 0.3 is 0 Å². The van der Waals surface area contributed by atoms with E-state index in [0.29, 0.717) is 24.7 Å². The zero-order valence-corrected chi connectivity index (χ0v) is 16.3. The van der Waals surface area contributed by atoms with Crippen LogP contribution in [0.4, 0.5) is 0 Å². The van der Waals surface area contributed by atoms with Gasteiger partial charge in [0.15, 0.2) is 5.82 Å². The standard InChI is InChI=1S/C20H29N5O3/c26-19(13-24-11-9-21-15-24)25-10-4-3-7-17(25)20-22-18(23-28-20)8-12-27-14-16-5-1-2-6-16/h9,11,15-17H,1-8,10,12-14H2. The Bertz CT molecular complexity index is 739. The fraction of sp³-hybridized carbons (Fsp3) is 0.700. The van der Waals surface area contributed by atoms with Gasteiger partial charge in [-0.05, 0) is 38.0 Å². The van der Waals surface area contributed by atoms with Gasteiger partial charge in [0, 0.05) is 32.0 Å². The molecule has 0 aromatic carbocycles. The topological polar surface area (TPSA) is 86.3 Å². The number of carbonyl (C=O) groups is 1. The van der Waals surface area contributed by atoms with Crippen molar-refractivity contribution in [2.75, 3.05) is 19.8 Å². The molecule has 0 spiro atoms. The molecule has 4 rings (SSSR count). The lowest BCUT2D eigenvalue weighted by Gasteiger charge is -2.33. The van der Waals surface area contributed by atoms with E-state index in [-0.39, 0.29) is 18.5 Å². The number of rotatable bonds is 8. The van der Waals surface area contributed by atoms with E-state index in [2.05, 4.69) is 15.1 Å². The van der Waals surface area contributed by atoms with Gasteiger partial charge in [-0.15, -0.1) is 0 Å². The molecule has 0 N–H and O–H groups in total. The first-order valence-corrected chi connectivity index (χ1v) is 10.4. The molecule has 1 unspecified atom stereocenters. The van der Waals surface area contributed by atoms with Crippen molar-refractivity contribution in [2.24, 2.45) is 5.92 Å². The van der Waals surface area contributed by atoms with Crippen LogP contribution in [-0.2, 0) is 22.5 Å². The molecule has 2 aliphatic rings. The second-order valence-electron chi connectivity index (χ2n) is 7.86. The Balaban J connectivity index is 1.30. The Morgan fingerprint density at radius 3 is 2.89 bits per heavy atom. The fourth-order valence-electron chi connectivity index (χ4n) is 4.21. The molecular formula is C20H29N5O3. The van der Waals surface area contributed by atoms with Crippen LogP contribution in [-0.4, -0.2) is 50.3 Å². The summed E-state index contributed by atoms with van der Waals surface area (Å²) in [7, 11) is 0. The molecule has 3 heterocycles. The van der Waals surface area contributed by atoms with Crippen molar-refractivity contribution in [3.63, 3.8) is 0 Å². The lowest BCUT2D eigenvalue weighted by molar-refractivity contribution is -0.136. The van der Waals surface area contributed by atoms with Gasteiger partial charge in [-0.1, -0.05) is 18.0 Å². The normalized spacial score (nSPS) is 20.7. The van der Waals surface area contributed by atoms with Gasteiger partial charge in [0.05, 0.1) is 12.9 Å². The molecule has 152 valence electrons. The summed E-state index contributed by atoms with van der Waals surface area (Å²) in [4.78, 5) is 23.2. The minimum atomic E-state index is -0.134. The first kappa shape index (κ1) is 19.1. The van der Waals surface area contributed by atoms with Crippen LogP contribution in [0.3, 0.4) is 0 Å². The maximum absolute atomic E-state index is 12.8. The highest BCUT2D eigenvalue weighted by atomic mass is 16.5. The van der Waals surface area contributed by atoms with E-state index >= 15 is 0 Å². The number of amides is 1. The van der Waals surface area contributed by atoms with Crippen LogP contribution in [0.25, 0.3) is 0 Å².